The number of hydrogen-bond acceptors (Lipinski definition) is 4. The van der Waals surface area contributed by atoms with Gasteiger partial charge < -0.3 is 9.84 Å². The molecule has 12 heavy (non-hydrogen) atoms. The van der Waals surface area contributed by atoms with Crippen LogP contribution in [0, 0.1) is 0 Å². The van der Waals surface area contributed by atoms with Gasteiger partial charge in [-0.1, -0.05) is 0 Å². The molecule has 1 N–H and O–H groups in total. The zero-order valence-electron chi connectivity index (χ0n) is 6.22. The summed E-state index contributed by atoms with van der Waals surface area (Å²) in [6, 6.07) is 1.48. The highest BCUT2D eigenvalue weighted by atomic mass is 35.5. The number of ether oxygens (including phenoxy) is 1. The SMILES string of the molecule is COc1ccnc(C(=O)O)n1.Cl. The van der Waals surface area contributed by atoms with E-state index in [9.17, 15) is 4.79 Å². The lowest BCUT2D eigenvalue weighted by molar-refractivity contribution is 0.0682. The molecule has 0 aliphatic rings. The Bertz CT molecular complexity index is 279. The van der Waals surface area contributed by atoms with E-state index in [0.717, 1.165) is 0 Å². The first-order chi connectivity index (χ1) is 5.24. The van der Waals surface area contributed by atoms with Gasteiger partial charge in [-0.25, -0.2) is 9.78 Å². The van der Waals surface area contributed by atoms with Gasteiger partial charge in [-0.2, -0.15) is 4.98 Å². The number of carboxylic acid groups (broad SMARTS) is 1. The van der Waals surface area contributed by atoms with E-state index in [4.69, 9.17) is 9.84 Å². The molecule has 0 aliphatic carbocycles. The molecular weight excluding hydrogens is 184 g/mol. The second-order valence-electron chi connectivity index (χ2n) is 1.73. The van der Waals surface area contributed by atoms with Crippen LogP contribution < -0.4 is 4.74 Å². The van der Waals surface area contributed by atoms with Crippen LogP contribution in [0.4, 0.5) is 0 Å². The van der Waals surface area contributed by atoms with E-state index < -0.39 is 5.97 Å². The number of hydrogen-bond donors (Lipinski definition) is 1. The van der Waals surface area contributed by atoms with E-state index >= 15 is 0 Å². The summed E-state index contributed by atoms with van der Waals surface area (Å²) in [5.74, 6) is -1.18. The van der Waals surface area contributed by atoms with Crippen molar-refractivity contribution in [3.8, 4) is 5.88 Å². The molecule has 6 heteroatoms. The summed E-state index contributed by atoms with van der Waals surface area (Å²) >= 11 is 0. The number of aromatic nitrogens is 2. The Kier molecular flexibility index (Phi) is 3.99. The Morgan fingerprint density at radius 3 is 2.83 bits per heavy atom. The van der Waals surface area contributed by atoms with Crippen LogP contribution in [0.5, 0.6) is 5.88 Å². The van der Waals surface area contributed by atoms with E-state index in [2.05, 4.69) is 9.97 Å². The number of carboxylic acids is 1. The molecule has 0 saturated heterocycles. The van der Waals surface area contributed by atoms with Gasteiger partial charge in [-0.3, -0.25) is 0 Å². The highest BCUT2D eigenvalue weighted by Gasteiger charge is 2.05. The molecule has 0 atom stereocenters. The Hall–Kier alpha value is -1.36. The average molecular weight is 191 g/mol. The normalized spacial score (nSPS) is 8.42. The van der Waals surface area contributed by atoms with Crippen LogP contribution in [0.3, 0.4) is 0 Å². The van der Waals surface area contributed by atoms with Crippen LogP contribution in [-0.4, -0.2) is 28.2 Å². The van der Waals surface area contributed by atoms with E-state index in [1.54, 1.807) is 0 Å². The molecule has 0 amide bonds. The highest BCUT2D eigenvalue weighted by molar-refractivity contribution is 5.85. The van der Waals surface area contributed by atoms with Gasteiger partial charge in [0.15, 0.2) is 0 Å². The molecule has 1 aromatic heterocycles. The fourth-order valence-electron chi connectivity index (χ4n) is 0.559. The van der Waals surface area contributed by atoms with Gasteiger partial charge in [0.05, 0.1) is 7.11 Å². The molecule has 0 radical (unpaired) electrons. The molecule has 0 spiro atoms. The number of methoxy groups -OCH3 is 1. The minimum atomic E-state index is -1.16. The number of rotatable bonds is 2. The van der Waals surface area contributed by atoms with Crippen molar-refractivity contribution in [1.29, 1.82) is 0 Å². The monoisotopic (exact) mass is 190 g/mol. The molecule has 1 heterocycles. The van der Waals surface area contributed by atoms with Gasteiger partial charge >= 0.3 is 5.97 Å². The third-order valence-corrected chi connectivity index (χ3v) is 1.03. The summed E-state index contributed by atoms with van der Waals surface area (Å²) in [6.07, 6.45) is 1.33. The summed E-state index contributed by atoms with van der Waals surface area (Å²) in [7, 11) is 1.41. The number of nitrogens with zero attached hydrogens (tertiary/aromatic N) is 2. The van der Waals surface area contributed by atoms with Gasteiger partial charge in [0, 0.05) is 12.3 Å². The van der Waals surface area contributed by atoms with Crippen LogP contribution in [0.15, 0.2) is 12.3 Å². The fourth-order valence-corrected chi connectivity index (χ4v) is 0.559. The molecule has 0 aliphatic heterocycles. The summed E-state index contributed by atoms with van der Waals surface area (Å²) < 4.78 is 4.69. The molecule has 1 aromatic rings. The Morgan fingerprint density at radius 2 is 2.33 bits per heavy atom. The maximum absolute atomic E-state index is 10.3. The first-order valence-electron chi connectivity index (χ1n) is 2.84. The van der Waals surface area contributed by atoms with Crippen molar-refractivity contribution in [3.05, 3.63) is 18.1 Å². The molecule has 0 fully saturated rings. The average Bonchev–Trinajstić information content (AvgIpc) is 2.05. The molecule has 0 bridgehead atoms. The van der Waals surface area contributed by atoms with Crippen molar-refractivity contribution in [3.63, 3.8) is 0 Å². The van der Waals surface area contributed by atoms with Crippen LogP contribution >= 0.6 is 12.4 Å². The molecule has 0 unspecified atom stereocenters. The summed E-state index contributed by atoms with van der Waals surface area (Å²) in [4.78, 5) is 17.3. The molecule has 0 aromatic carbocycles. The Labute approximate surface area is 74.8 Å². The zero-order valence-corrected chi connectivity index (χ0v) is 7.04. The maximum atomic E-state index is 10.3. The first-order valence-corrected chi connectivity index (χ1v) is 2.84. The second kappa shape index (κ2) is 4.50. The van der Waals surface area contributed by atoms with Crippen molar-refractivity contribution in [2.75, 3.05) is 7.11 Å². The highest BCUT2D eigenvalue weighted by Crippen LogP contribution is 2.02. The van der Waals surface area contributed by atoms with E-state index in [-0.39, 0.29) is 24.1 Å². The molecule has 66 valence electrons. The predicted molar refractivity (Wildman–Crippen MR) is 42.8 cm³/mol. The quantitative estimate of drug-likeness (QED) is 0.740. The van der Waals surface area contributed by atoms with Gasteiger partial charge in [-0.05, 0) is 0 Å². The molecule has 1 rings (SSSR count). The number of aromatic carboxylic acids is 1. The fraction of sp³-hybridized carbons (Fsp3) is 0.167. The van der Waals surface area contributed by atoms with Crippen LogP contribution in [0.1, 0.15) is 10.6 Å². The minimum Gasteiger partial charge on any atom is -0.481 e. The van der Waals surface area contributed by atoms with Crippen LogP contribution in [0.2, 0.25) is 0 Å². The van der Waals surface area contributed by atoms with Gasteiger partial charge in [0.1, 0.15) is 0 Å². The topological polar surface area (TPSA) is 72.3 Å². The molecular formula is C6H7ClN2O3. The van der Waals surface area contributed by atoms with E-state index in [0.29, 0.717) is 0 Å². The van der Waals surface area contributed by atoms with Crippen molar-refractivity contribution in [2.45, 2.75) is 0 Å². The van der Waals surface area contributed by atoms with Crippen molar-refractivity contribution >= 4 is 18.4 Å². The Balaban J connectivity index is 0.00000121. The van der Waals surface area contributed by atoms with Crippen LogP contribution in [-0.2, 0) is 0 Å². The van der Waals surface area contributed by atoms with Gasteiger partial charge in [0.25, 0.3) is 0 Å². The van der Waals surface area contributed by atoms with Crippen molar-refractivity contribution < 1.29 is 14.6 Å². The predicted octanol–water partition coefficient (Wildman–Crippen LogP) is 0.605. The lowest BCUT2D eigenvalue weighted by Gasteiger charge is -1.96. The second-order valence-corrected chi connectivity index (χ2v) is 1.73. The summed E-state index contributed by atoms with van der Waals surface area (Å²) in [6.45, 7) is 0. The largest absolute Gasteiger partial charge is 0.481 e. The number of carbonyl (C=O) groups is 1. The Morgan fingerprint density at radius 1 is 1.67 bits per heavy atom. The van der Waals surface area contributed by atoms with E-state index in [1.807, 2.05) is 0 Å². The third kappa shape index (κ3) is 2.35. The number of halogens is 1. The first kappa shape index (κ1) is 10.6. The van der Waals surface area contributed by atoms with Crippen molar-refractivity contribution in [2.24, 2.45) is 0 Å². The lowest BCUT2D eigenvalue weighted by Crippen LogP contribution is -2.04. The smallest absolute Gasteiger partial charge is 0.374 e. The van der Waals surface area contributed by atoms with Gasteiger partial charge in [0.2, 0.25) is 11.7 Å². The summed E-state index contributed by atoms with van der Waals surface area (Å²) in [5.41, 5.74) is 0. The van der Waals surface area contributed by atoms with Gasteiger partial charge in [-0.15, -0.1) is 12.4 Å². The maximum Gasteiger partial charge on any atom is 0.374 e. The minimum absolute atomic E-state index is 0. The molecule has 5 nitrogen and oxygen atoms in total. The summed E-state index contributed by atoms with van der Waals surface area (Å²) in [5, 5.41) is 8.42. The van der Waals surface area contributed by atoms with Crippen LogP contribution in [0.25, 0.3) is 0 Å². The standard InChI is InChI=1S/C6H6N2O3.ClH/c1-11-4-2-3-7-5(8-4)6(9)10;/h2-3H,1H3,(H,9,10);1H. The van der Waals surface area contributed by atoms with E-state index in [1.165, 1.54) is 19.4 Å². The zero-order chi connectivity index (χ0) is 8.27. The molecule has 0 saturated carbocycles. The third-order valence-electron chi connectivity index (χ3n) is 1.03. The lowest BCUT2D eigenvalue weighted by atomic mass is 10.5. The van der Waals surface area contributed by atoms with Crippen molar-refractivity contribution in [1.82, 2.24) is 9.97 Å².